The summed E-state index contributed by atoms with van der Waals surface area (Å²) in [5.74, 6) is 1.65. The largest absolute Gasteiger partial charge is 0.434 e. The minimum atomic E-state index is -3.07. The Hall–Kier alpha value is -3.69. The van der Waals surface area contributed by atoms with Crippen molar-refractivity contribution in [3.63, 3.8) is 0 Å². The van der Waals surface area contributed by atoms with Crippen LogP contribution in [0.1, 0.15) is 37.0 Å². The molecule has 2 fully saturated rings. The van der Waals surface area contributed by atoms with Crippen molar-refractivity contribution in [2.24, 2.45) is 0 Å². The second kappa shape index (κ2) is 14.4. The zero-order valence-corrected chi connectivity index (χ0v) is 27.3. The lowest BCUT2D eigenvalue weighted by atomic mass is 10.1. The van der Waals surface area contributed by atoms with E-state index in [1.165, 1.54) is 45.8 Å². The van der Waals surface area contributed by atoms with Crippen LogP contribution in [0.15, 0.2) is 53.9 Å². The second-order valence-corrected chi connectivity index (χ2v) is 14.3. The first-order chi connectivity index (χ1) is 22.2. The molecule has 244 valence electrons. The summed E-state index contributed by atoms with van der Waals surface area (Å²) >= 11 is 3.55. The molecular weight excluding hydrogens is 635 g/mol. The van der Waals surface area contributed by atoms with E-state index in [0.29, 0.717) is 24.8 Å². The Balaban J connectivity index is 1.28. The van der Waals surface area contributed by atoms with Crippen molar-refractivity contribution in [3.8, 4) is 17.0 Å². The molecule has 3 aromatic heterocycles. The lowest BCUT2D eigenvalue weighted by Gasteiger charge is -2.40. The summed E-state index contributed by atoms with van der Waals surface area (Å²) < 4.78 is 34.8. The van der Waals surface area contributed by atoms with Crippen LogP contribution in [-0.4, -0.2) is 102 Å². The van der Waals surface area contributed by atoms with Gasteiger partial charge in [0.1, 0.15) is 23.6 Å². The van der Waals surface area contributed by atoms with Gasteiger partial charge in [0.25, 0.3) is 5.91 Å². The zero-order chi connectivity index (χ0) is 32.2. The molecule has 1 aromatic carbocycles. The maximum Gasteiger partial charge on any atom is 0.387 e. The first kappa shape index (κ1) is 32.3. The summed E-state index contributed by atoms with van der Waals surface area (Å²) in [6.07, 6.45) is 8.55. The van der Waals surface area contributed by atoms with Crippen LogP contribution in [-0.2, 0) is 11.3 Å². The molecule has 0 atom stereocenters. The van der Waals surface area contributed by atoms with Crippen molar-refractivity contribution < 1.29 is 23.1 Å². The maximum atomic E-state index is 13.5. The van der Waals surface area contributed by atoms with Crippen molar-refractivity contribution >= 4 is 46.7 Å². The number of fused-ring (bicyclic) bond motifs is 1. The van der Waals surface area contributed by atoms with Gasteiger partial charge in [0.2, 0.25) is 5.91 Å². The van der Waals surface area contributed by atoms with Gasteiger partial charge in [-0.15, -0.1) is 11.8 Å². The van der Waals surface area contributed by atoms with Crippen LogP contribution in [0.25, 0.3) is 16.9 Å². The molecule has 2 aliphatic heterocycles. The Morgan fingerprint density at radius 2 is 1.93 bits per heavy atom. The average molecular weight is 671 g/mol. The Bertz CT molecular complexity index is 1680. The summed E-state index contributed by atoms with van der Waals surface area (Å²) in [7, 11) is 0. The topological polar surface area (TPSA) is 110 Å². The normalized spacial score (nSPS) is 16.4. The van der Waals surface area contributed by atoms with Crippen LogP contribution < -0.4 is 10.1 Å². The number of anilines is 1. The third-order valence-corrected chi connectivity index (χ3v) is 10.0. The zero-order valence-electron chi connectivity index (χ0n) is 25.6. The Kier molecular flexibility index (Phi) is 10.1. The molecule has 46 heavy (non-hydrogen) atoms. The molecule has 2 amide bonds. The van der Waals surface area contributed by atoms with E-state index in [1.807, 2.05) is 30.5 Å². The van der Waals surface area contributed by atoms with Gasteiger partial charge in [0.15, 0.2) is 5.65 Å². The van der Waals surface area contributed by atoms with Gasteiger partial charge in [-0.2, -0.15) is 30.7 Å². The molecule has 0 bridgehead atoms. The fraction of sp³-hybridized carbons (Fsp3) is 0.452. The monoisotopic (exact) mass is 670 g/mol. The number of rotatable bonds is 10. The summed E-state index contributed by atoms with van der Waals surface area (Å²) in [6, 6.07) is 7.17. The molecule has 2 aliphatic rings. The number of carbonyl (C=O) groups excluding carboxylic acids is 2. The van der Waals surface area contributed by atoms with Crippen molar-refractivity contribution in [3.05, 3.63) is 54.6 Å². The fourth-order valence-corrected chi connectivity index (χ4v) is 7.79. The molecule has 6 rings (SSSR count). The summed E-state index contributed by atoms with van der Waals surface area (Å²) in [6.45, 7) is 3.82. The van der Waals surface area contributed by atoms with Crippen molar-refractivity contribution in [1.29, 1.82) is 0 Å². The number of thioether (sulfide) groups is 2. The number of alkyl halides is 2. The van der Waals surface area contributed by atoms with Gasteiger partial charge in [-0.1, -0.05) is 13.8 Å². The minimum absolute atomic E-state index is 0.0767. The van der Waals surface area contributed by atoms with Crippen LogP contribution in [0.4, 0.5) is 14.5 Å². The first-order valence-electron chi connectivity index (χ1n) is 15.3. The number of ether oxygens (including phenoxy) is 1. The Morgan fingerprint density at radius 3 is 2.67 bits per heavy atom. The number of hydrogen-bond acceptors (Lipinski definition) is 9. The number of halogens is 2. The van der Waals surface area contributed by atoms with Gasteiger partial charge in [0, 0.05) is 66.5 Å². The third kappa shape index (κ3) is 7.47. The number of nitrogens with one attached hydrogen (secondary N) is 1. The van der Waals surface area contributed by atoms with E-state index in [-0.39, 0.29) is 46.0 Å². The molecule has 0 aliphatic carbocycles. The number of benzene rings is 1. The van der Waals surface area contributed by atoms with Gasteiger partial charge < -0.3 is 15.0 Å². The fourth-order valence-electron chi connectivity index (χ4n) is 5.83. The Labute approximate surface area is 274 Å². The third-order valence-electron chi connectivity index (χ3n) is 8.00. The number of piperazine rings is 1. The lowest BCUT2D eigenvalue weighted by molar-refractivity contribution is -0.134. The van der Waals surface area contributed by atoms with E-state index < -0.39 is 12.5 Å². The number of carbonyl (C=O) groups is 2. The standard InChI is InChI=1S/C31H36F2N8O3S2/c1-20(2)46-22-4-5-26(44-31(32)33)23(16-22)28-25(36-30(43)24-17-35-41-9-3-8-34-29(24)41)18-40(37-28)19-27(42)39-12-10-38(11-13-39)21-6-14-45-15-7-21/h3-5,8-9,16-18,20-21,31H,6-7,10-15,19H2,1-2H3,(H,36,43). The number of nitrogens with zero attached hydrogens (tertiary/aromatic N) is 7. The highest BCUT2D eigenvalue weighted by atomic mass is 32.2. The van der Waals surface area contributed by atoms with Gasteiger partial charge in [0.05, 0.1) is 11.9 Å². The maximum absolute atomic E-state index is 13.5. The number of aromatic nitrogens is 5. The number of amides is 2. The van der Waals surface area contributed by atoms with Crippen LogP contribution in [0.5, 0.6) is 5.75 Å². The van der Waals surface area contributed by atoms with Crippen LogP contribution >= 0.6 is 23.5 Å². The smallest absolute Gasteiger partial charge is 0.387 e. The summed E-state index contributed by atoms with van der Waals surface area (Å²) in [5, 5.41) is 11.9. The predicted molar refractivity (Wildman–Crippen MR) is 175 cm³/mol. The van der Waals surface area contributed by atoms with E-state index in [0.717, 1.165) is 18.0 Å². The molecule has 0 spiro atoms. The molecule has 11 nitrogen and oxygen atoms in total. The molecule has 2 saturated heterocycles. The molecule has 15 heteroatoms. The molecule has 0 unspecified atom stereocenters. The van der Waals surface area contributed by atoms with Gasteiger partial charge in [-0.3, -0.25) is 19.2 Å². The molecule has 5 heterocycles. The lowest BCUT2D eigenvalue weighted by Crippen LogP contribution is -2.53. The van der Waals surface area contributed by atoms with E-state index >= 15 is 0 Å². The van der Waals surface area contributed by atoms with Crippen LogP contribution in [0, 0.1) is 0 Å². The second-order valence-electron chi connectivity index (χ2n) is 11.5. The van der Waals surface area contributed by atoms with E-state index in [2.05, 4.69) is 25.4 Å². The molecule has 0 radical (unpaired) electrons. The highest BCUT2D eigenvalue weighted by Crippen LogP contribution is 2.39. The van der Waals surface area contributed by atoms with Gasteiger partial charge >= 0.3 is 6.61 Å². The Morgan fingerprint density at radius 1 is 1.15 bits per heavy atom. The molecular formula is C31H36F2N8O3S2. The minimum Gasteiger partial charge on any atom is -0.434 e. The van der Waals surface area contributed by atoms with Crippen molar-refractivity contribution in [1.82, 2.24) is 34.2 Å². The van der Waals surface area contributed by atoms with Crippen molar-refractivity contribution in [2.75, 3.05) is 43.0 Å². The SMILES string of the molecule is CC(C)Sc1ccc(OC(F)F)c(-c2nn(CC(=O)N3CCN(C4CCSCC4)CC3)cc2NC(=O)c2cnn3cccnc23)c1. The quantitative estimate of drug-likeness (QED) is 0.234. The van der Waals surface area contributed by atoms with E-state index in [4.69, 9.17) is 4.74 Å². The molecule has 0 saturated carbocycles. The van der Waals surface area contributed by atoms with Crippen LogP contribution in [0.3, 0.4) is 0 Å². The van der Waals surface area contributed by atoms with Gasteiger partial charge in [-0.05, 0) is 48.6 Å². The van der Waals surface area contributed by atoms with Gasteiger partial charge in [-0.25, -0.2) is 9.50 Å². The molecule has 4 aromatic rings. The average Bonchev–Trinajstić information content (AvgIpc) is 3.66. The highest BCUT2D eigenvalue weighted by molar-refractivity contribution is 8.00. The molecule has 1 N–H and O–H groups in total. The van der Waals surface area contributed by atoms with E-state index in [1.54, 1.807) is 48.6 Å². The van der Waals surface area contributed by atoms with E-state index in [9.17, 15) is 18.4 Å². The first-order valence-corrected chi connectivity index (χ1v) is 17.3. The highest BCUT2D eigenvalue weighted by Gasteiger charge is 2.28. The number of hydrogen-bond donors (Lipinski definition) is 1. The van der Waals surface area contributed by atoms with Crippen LogP contribution in [0.2, 0.25) is 0 Å². The summed E-state index contributed by atoms with van der Waals surface area (Å²) in [5.41, 5.74) is 1.28. The predicted octanol–water partition coefficient (Wildman–Crippen LogP) is 4.99. The van der Waals surface area contributed by atoms with Crippen molar-refractivity contribution in [2.45, 2.75) is 56.0 Å². The summed E-state index contributed by atoms with van der Waals surface area (Å²) in [4.78, 5) is 36.4.